The van der Waals surface area contributed by atoms with E-state index in [-0.39, 0.29) is 5.91 Å². The molecule has 1 fully saturated rings. The molecule has 0 aromatic heterocycles. The molecule has 0 saturated heterocycles. The highest BCUT2D eigenvalue weighted by atomic mass is 16.1. The summed E-state index contributed by atoms with van der Waals surface area (Å²) in [7, 11) is 1.93. The molecule has 1 amide bonds. The minimum Gasteiger partial charge on any atom is -0.352 e. The number of carbonyl (C=O) groups is 1. The van der Waals surface area contributed by atoms with Gasteiger partial charge in [0.1, 0.15) is 0 Å². The average molecular weight is 260 g/mol. The predicted octanol–water partition coefficient (Wildman–Crippen LogP) is 2.37. The molecule has 3 nitrogen and oxygen atoms in total. The predicted molar refractivity (Wildman–Crippen MR) is 78.4 cm³/mol. The fraction of sp³-hybridized carbons (Fsp3) is 0.562. The smallest absolute Gasteiger partial charge is 0.251 e. The second-order valence-electron chi connectivity index (χ2n) is 5.37. The molecule has 0 heterocycles. The summed E-state index contributed by atoms with van der Waals surface area (Å²) in [5.41, 5.74) is 1.96. The van der Waals surface area contributed by atoms with Gasteiger partial charge in [0.15, 0.2) is 0 Å². The lowest BCUT2D eigenvalue weighted by molar-refractivity contribution is 0.0946. The Kier molecular flexibility index (Phi) is 5.40. The van der Waals surface area contributed by atoms with Crippen molar-refractivity contribution >= 4 is 5.91 Å². The third-order valence-electron chi connectivity index (χ3n) is 3.93. The van der Waals surface area contributed by atoms with Crippen LogP contribution in [0.2, 0.25) is 0 Å². The Hall–Kier alpha value is -1.35. The van der Waals surface area contributed by atoms with Crippen LogP contribution in [-0.2, 0) is 6.42 Å². The van der Waals surface area contributed by atoms with E-state index in [9.17, 15) is 4.79 Å². The molecule has 0 spiro atoms. The second-order valence-corrected chi connectivity index (χ2v) is 5.37. The standard InChI is InChI=1S/C16H24N2O/c1-17-11-10-14-8-4-5-9-15(14)16(19)18-12-13-6-2-3-7-13/h4-5,8-9,13,17H,2-3,6-7,10-12H2,1H3,(H,18,19). The van der Waals surface area contributed by atoms with Crippen LogP contribution in [-0.4, -0.2) is 26.0 Å². The van der Waals surface area contributed by atoms with Crippen molar-refractivity contribution in [3.05, 3.63) is 35.4 Å². The van der Waals surface area contributed by atoms with Gasteiger partial charge in [0.2, 0.25) is 0 Å². The van der Waals surface area contributed by atoms with E-state index >= 15 is 0 Å². The normalized spacial score (nSPS) is 15.6. The Morgan fingerprint density at radius 1 is 1.26 bits per heavy atom. The first-order valence-electron chi connectivity index (χ1n) is 7.32. The van der Waals surface area contributed by atoms with Gasteiger partial charge in [-0.25, -0.2) is 0 Å². The van der Waals surface area contributed by atoms with E-state index in [4.69, 9.17) is 0 Å². The molecule has 1 aromatic rings. The van der Waals surface area contributed by atoms with E-state index in [2.05, 4.69) is 10.6 Å². The number of rotatable bonds is 6. The van der Waals surface area contributed by atoms with Gasteiger partial charge in [0, 0.05) is 12.1 Å². The van der Waals surface area contributed by atoms with Gasteiger partial charge in [-0.05, 0) is 50.4 Å². The summed E-state index contributed by atoms with van der Waals surface area (Å²) in [5.74, 6) is 0.770. The summed E-state index contributed by atoms with van der Waals surface area (Å²) < 4.78 is 0. The number of hydrogen-bond acceptors (Lipinski definition) is 2. The van der Waals surface area contributed by atoms with Gasteiger partial charge < -0.3 is 10.6 Å². The van der Waals surface area contributed by atoms with Crippen LogP contribution in [0, 0.1) is 5.92 Å². The molecule has 0 radical (unpaired) electrons. The Morgan fingerprint density at radius 3 is 2.74 bits per heavy atom. The van der Waals surface area contributed by atoms with Crippen molar-refractivity contribution in [2.75, 3.05) is 20.1 Å². The summed E-state index contributed by atoms with van der Waals surface area (Å²) >= 11 is 0. The van der Waals surface area contributed by atoms with Crippen LogP contribution in [0.5, 0.6) is 0 Å². The Balaban J connectivity index is 1.93. The first-order chi connectivity index (χ1) is 9.31. The molecule has 1 aromatic carbocycles. The number of likely N-dealkylation sites (N-methyl/N-ethyl adjacent to an activating group) is 1. The van der Waals surface area contributed by atoms with Crippen molar-refractivity contribution in [1.82, 2.24) is 10.6 Å². The molecule has 19 heavy (non-hydrogen) atoms. The molecular weight excluding hydrogens is 236 g/mol. The monoisotopic (exact) mass is 260 g/mol. The van der Waals surface area contributed by atoms with Crippen LogP contribution in [0.4, 0.5) is 0 Å². The first kappa shape index (κ1) is 14.1. The summed E-state index contributed by atoms with van der Waals surface area (Å²) in [4.78, 5) is 12.3. The quantitative estimate of drug-likeness (QED) is 0.824. The Bertz CT molecular complexity index is 411. The molecule has 2 N–H and O–H groups in total. The molecule has 1 saturated carbocycles. The maximum Gasteiger partial charge on any atom is 0.251 e. The molecule has 3 heteroatoms. The number of carbonyl (C=O) groups excluding carboxylic acids is 1. The summed E-state index contributed by atoms with van der Waals surface area (Å²) in [6.45, 7) is 1.73. The second kappa shape index (κ2) is 7.29. The van der Waals surface area contributed by atoms with Crippen molar-refractivity contribution < 1.29 is 4.79 Å². The van der Waals surface area contributed by atoms with Gasteiger partial charge in [-0.15, -0.1) is 0 Å². The highest BCUT2D eigenvalue weighted by Gasteiger charge is 2.17. The van der Waals surface area contributed by atoms with Crippen LogP contribution in [0.1, 0.15) is 41.6 Å². The maximum absolute atomic E-state index is 12.3. The lowest BCUT2D eigenvalue weighted by atomic mass is 10.0. The van der Waals surface area contributed by atoms with Crippen molar-refractivity contribution in [2.24, 2.45) is 5.92 Å². The van der Waals surface area contributed by atoms with Crippen LogP contribution in [0.3, 0.4) is 0 Å². The van der Waals surface area contributed by atoms with Gasteiger partial charge in [-0.2, -0.15) is 0 Å². The number of benzene rings is 1. The third kappa shape index (κ3) is 4.06. The summed E-state index contributed by atoms with van der Waals surface area (Å²) in [6.07, 6.45) is 6.06. The minimum absolute atomic E-state index is 0.0820. The topological polar surface area (TPSA) is 41.1 Å². The van der Waals surface area contributed by atoms with Gasteiger partial charge in [0.25, 0.3) is 5.91 Å². The molecule has 1 aliphatic rings. The largest absolute Gasteiger partial charge is 0.352 e. The zero-order valence-electron chi connectivity index (χ0n) is 11.7. The molecule has 1 aliphatic carbocycles. The van der Waals surface area contributed by atoms with Gasteiger partial charge in [-0.1, -0.05) is 31.0 Å². The molecular formula is C16H24N2O. The van der Waals surface area contributed by atoms with E-state index in [1.807, 2.05) is 31.3 Å². The fourth-order valence-corrected chi connectivity index (χ4v) is 2.77. The van der Waals surface area contributed by atoms with E-state index in [1.54, 1.807) is 0 Å². The van der Waals surface area contributed by atoms with Crippen molar-refractivity contribution in [3.63, 3.8) is 0 Å². The maximum atomic E-state index is 12.3. The van der Waals surface area contributed by atoms with E-state index < -0.39 is 0 Å². The summed E-state index contributed by atoms with van der Waals surface area (Å²) in [6, 6.07) is 7.91. The van der Waals surface area contributed by atoms with Crippen molar-refractivity contribution in [1.29, 1.82) is 0 Å². The molecule has 2 rings (SSSR count). The lowest BCUT2D eigenvalue weighted by Gasteiger charge is -2.13. The molecule has 0 bridgehead atoms. The van der Waals surface area contributed by atoms with Crippen LogP contribution in [0.25, 0.3) is 0 Å². The van der Waals surface area contributed by atoms with Crippen LogP contribution < -0.4 is 10.6 Å². The van der Waals surface area contributed by atoms with Gasteiger partial charge in [-0.3, -0.25) is 4.79 Å². The third-order valence-corrected chi connectivity index (χ3v) is 3.93. The average Bonchev–Trinajstić information content (AvgIpc) is 2.96. The SMILES string of the molecule is CNCCc1ccccc1C(=O)NCC1CCCC1. The molecule has 104 valence electrons. The van der Waals surface area contributed by atoms with Gasteiger partial charge >= 0.3 is 0 Å². The lowest BCUT2D eigenvalue weighted by Crippen LogP contribution is -2.29. The number of hydrogen-bond donors (Lipinski definition) is 2. The van der Waals surface area contributed by atoms with Crippen molar-refractivity contribution in [2.45, 2.75) is 32.1 Å². The van der Waals surface area contributed by atoms with Crippen molar-refractivity contribution in [3.8, 4) is 0 Å². The molecule has 0 atom stereocenters. The number of amides is 1. The van der Waals surface area contributed by atoms with Crippen LogP contribution in [0.15, 0.2) is 24.3 Å². The summed E-state index contributed by atoms with van der Waals surface area (Å²) in [5, 5.41) is 6.23. The zero-order chi connectivity index (χ0) is 13.5. The highest BCUT2D eigenvalue weighted by Crippen LogP contribution is 2.23. The minimum atomic E-state index is 0.0820. The van der Waals surface area contributed by atoms with E-state index in [1.165, 1.54) is 25.7 Å². The fourth-order valence-electron chi connectivity index (χ4n) is 2.77. The van der Waals surface area contributed by atoms with E-state index in [0.29, 0.717) is 5.92 Å². The molecule has 0 aliphatic heterocycles. The van der Waals surface area contributed by atoms with Gasteiger partial charge in [0.05, 0.1) is 0 Å². The zero-order valence-corrected chi connectivity index (χ0v) is 11.7. The Morgan fingerprint density at radius 2 is 2.00 bits per heavy atom. The number of nitrogens with one attached hydrogen (secondary N) is 2. The highest BCUT2D eigenvalue weighted by molar-refractivity contribution is 5.95. The first-order valence-corrected chi connectivity index (χ1v) is 7.32. The van der Waals surface area contributed by atoms with E-state index in [0.717, 1.165) is 30.6 Å². The van der Waals surface area contributed by atoms with Crippen LogP contribution >= 0.6 is 0 Å². The Labute approximate surface area is 115 Å². The molecule has 0 unspecified atom stereocenters.